The zero-order valence-electron chi connectivity index (χ0n) is 22.8. The van der Waals surface area contributed by atoms with Crippen LogP contribution in [0, 0.1) is 13.8 Å². The van der Waals surface area contributed by atoms with E-state index >= 15 is 0 Å². The Morgan fingerprint density at radius 2 is 1.98 bits per heavy atom. The van der Waals surface area contributed by atoms with E-state index in [2.05, 4.69) is 31.7 Å². The highest BCUT2D eigenvalue weighted by Gasteiger charge is 2.22. The van der Waals surface area contributed by atoms with Gasteiger partial charge in [0.25, 0.3) is 11.5 Å². The average Bonchev–Trinajstić information content (AvgIpc) is 2.92. The Labute approximate surface area is 237 Å². The number of aromatic amines is 1. The lowest BCUT2D eigenvalue weighted by Gasteiger charge is -2.21. The zero-order valence-corrected chi connectivity index (χ0v) is 23.6. The number of ether oxygens (including phenoxy) is 2. The predicted octanol–water partition coefficient (Wildman–Crippen LogP) is 4.40. The molecule has 1 aliphatic rings. The summed E-state index contributed by atoms with van der Waals surface area (Å²) in [5.74, 6) is 0.245. The number of aryl methyl sites for hydroxylation is 2. The summed E-state index contributed by atoms with van der Waals surface area (Å²) >= 11 is 6.55. The van der Waals surface area contributed by atoms with Crippen LogP contribution < -0.4 is 25.7 Å². The molecule has 10 heteroatoms. The van der Waals surface area contributed by atoms with E-state index in [-0.39, 0.29) is 28.0 Å². The van der Waals surface area contributed by atoms with Gasteiger partial charge in [-0.1, -0.05) is 40.9 Å². The van der Waals surface area contributed by atoms with Crippen LogP contribution in [0.1, 0.15) is 47.2 Å². The van der Waals surface area contributed by atoms with Gasteiger partial charge in [0.15, 0.2) is 0 Å². The van der Waals surface area contributed by atoms with Crippen molar-refractivity contribution in [2.45, 2.75) is 45.6 Å². The van der Waals surface area contributed by atoms with Crippen molar-refractivity contribution >= 4 is 34.2 Å². The molecule has 3 heterocycles. The minimum atomic E-state index is -0.463. The Kier molecular flexibility index (Phi) is 8.32. The van der Waals surface area contributed by atoms with Crippen LogP contribution in [0.15, 0.2) is 47.4 Å². The second-order valence-electron chi connectivity index (χ2n) is 10.2. The van der Waals surface area contributed by atoms with Crippen LogP contribution >= 0.6 is 11.6 Å². The molecule has 0 spiro atoms. The number of carbonyl (C=O) groups excluding carboxylic acids is 1. The summed E-state index contributed by atoms with van der Waals surface area (Å²) in [6, 6.07) is 11.4. The molecule has 5 rings (SSSR count). The van der Waals surface area contributed by atoms with Gasteiger partial charge in [0.05, 0.1) is 48.0 Å². The number of nitrogens with two attached hydrogens (primary N) is 1. The highest BCUT2D eigenvalue weighted by molar-refractivity contribution is 6.35. The van der Waals surface area contributed by atoms with Crippen LogP contribution in [-0.2, 0) is 0 Å². The number of fused-ring (bicyclic) bond motifs is 1. The molecule has 0 bridgehead atoms. The summed E-state index contributed by atoms with van der Waals surface area (Å²) < 4.78 is 11.5. The van der Waals surface area contributed by atoms with Gasteiger partial charge in [-0.3, -0.25) is 9.59 Å². The summed E-state index contributed by atoms with van der Waals surface area (Å²) in [5.41, 5.74) is 3.69. The fraction of sp³-hybridized carbons (Fsp3) is 0.333. The minimum absolute atomic E-state index is 0.129. The van der Waals surface area contributed by atoms with Crippen molar-refractivity contribution in [1.82, 2.24) is 15.0 Å². The summed E-state index contributed by atoms with van der Waals surface area (Å²) in [4.78, 5) is 37.9. The predicted molar refractivity (Wildman–Crippen MR) is 156 cm³/mol. The van der Waals surface area contributed by atoms with Crippen molar-refractivity contribution in [3.63, 3.8) is 0 Å². The molecule has 1 aliphatic heterocycles. The van der Waals surface area contributed by atoms with Gasteiger partial charge in [-0.15, -0.1) is 0 Å². The lowest BCUT2D eigenvalue weighted by molar-refractivity contribution is -0.698. The lowest BCUT2D eigenvalue weighted by Crippen LogP contribution is -2.91. The molecule has 2 aromatic heterocycles. The van der Waals surface area contributed by atoms with Crippen LogP contribution in [0.2, 0.25) is 5.02 Å². The van der Waals surface area contributed by atoms with Gasteiger partial charge >= 0.3 is 6.01 Å². The van der Waals surface area contributed by atoms with Gasteiger partial charge in [0.2, 0.25) is 0 Å². The Bertz CT molecular complexity index is 1590. The Morgan fingerprint density at radius 3 is 2.70 bits per heavy atom. The molecule has 4 N–H and O–H groups in total. The number of H-pyrrole nitrogens is 1. The first-order valence-corrected chi connectivity index (χ1v) is 13.8. The van der Waals surface area contributed by atoms with Crippen molar-refractivity contribution < 1.29 is 19.6 Å². The molecule has 1 amide bonds. The zero-order chi connectivity index (χ0) is 28.2. The lowest BCUT2D eigenvalue weighted by atomic mass is 9.98. The largest absolute Gasteiger partial charge is 0.492 e. The van der Waals surface area contributed by atoms with Crippen LogP contribution in [0.5, 0.6) is 11.8 Å². The molecular formula is C30H33ClN5O4+. The van der Waals surface area contributed by atoms with E-state index in [0.29, 0.717) is 34.9 Å². The second-order valence-corrected chi connectivity index (χ2v) is 10.6. The molecule has 208 valence electrons. The summed E-state index contributed by atoms with van der Waals surface area (Å²) in [6.07, 6.45) is 5.95. The molecular weight excluding hydrogens is 530 g/mol. The third-order valence-corrected chi connectivity index (χ3v) is 7.44. The number of pyridine rings is 1. The number of halogens is 1. The van der Waals surface area contributed by atoms with Gasteiger partial charge in [-0.2, -0.15) is 4.98 Å². The van der Waals surface area contributed by atoms with Crippen LogP contribution in [0.3, 0.4) is 0 Å². The number of piperidine rings is 1. The molecule has 40 heavy (non-hydrogen) atoms. The van der Waals surface area contributed by atoms with Crippen molar-refractivity contribution in [3.8, 4) is 22.9 Å². The maximum absolute atomic E-state index is 13.5. The molecule has 0 saturated carbocycles. The summed E-state index contributed by atoms with van der Waals surface area (Å²) in [6.45, 7) is 5.56. The molecule has 0 radical (unpaired) electrons. The normalized spacial score (nSPS) is 15.2. The average molecular weight is 563 g/mol. The number of nitrogens with zero attached hydrogens (tertiary/aromatic N) is 2. The minimum Gasteiger partial charge on any atom is -0.492 e. The highest BCUT2D eigenvalue weighted by atomic mass is 35.5. The number of rotatable bonds is 8. The number of nitrogens with one attached hydrogen (secondary N) is 2. The SMILES string of the molecule is COc1nccc(NC(=O)c2cc3c(OCCC4CCCC[NH2+]4)c(-c4cc(C)cc(C)c4)c(=O)[nH]c3cc2Cl)n1. The van der Waals surface area contributed by atoms with Gasteiger partial charge < -0.3 is 25.1 Å². The number of hydrogen-bond acceptors (Lipinski definition) is 6. The van der Waals surface area contributed by atoms with Gasteiger partial charge in [-0.25, -0.2) is 4.98 Å². The first-order valence-electron chi connectivity index (χ1n) is 13.4. The van der Waals surface area contributed by atoms with Crippen molar-refractivity contribution in [1.29, 1.82) is 0 Å². The maximum atomic E-state index is 13.5. The Hall–Kier alpha value is -3.95. The molecule has 1 fully saturated rings. The third-order valence-electron chi connectivity index (χ3n) is 7.13. The third kappa shape index (κ3) is 6.11. The van der Waals surface area contributed by atoms with Crippen molar-refractivity contribution in [2.24, 2.45) is 0 Å². The van der Waals surface area contributed by atoms with E-state index in [0.717, 1.165) is 36.1 Å². The van der Waals surface area contributed by atoms with Gasteiger partial charge in [0.1, 0.15) is 11.6 Å². The van der Waals surface area contributed by atoms with E-state index in [1.54, 1.807) is 18.2 Å². The van der Waals surface area contributed by atoms with Gasteiger partial charge in [-0.05, 0) is 56.9 Å². The van der Waals surface area contributed by atoms with Crippen LogP contribution in [0.4, 0.5) is 5.82 Å². The Balaban J connectivity index is 1.58. The maximum Gasteiger partial charge on any atom is 0.318 e. The van der Waals surface area contributed by atoms with Crippen molar-refractivity contribution in [3.05, 3.63) is 74.7 Å². The monoisotopic (exact) mass is 562 g/mol. The van der Waals surface area contributed by atoms with E-state index in [1.807, 2.05) is 26.0 Å². The highest BCUT2D eigenvalue weighted by Crippen LogP contribution is 2.36. The molecule has 4 aromatic rings. The smallest absolute Gasteiger partial charge is 0.318 e. The number of aromatic nitrogens is 3. The van der Waals surface area contributed by atoms with E-state index < -0.39 is 5.91 Å². The van der Waals surface area contributed by atoms with Crippen LogP contribution in [0.25, 0.3) is 22.0 Å². The van der Waals surface area contributed by atoms with Gasteiger partial charge in [0, 0.05) is 18.0 Å². The number of amides is 1. The van der Waals surface area contributed by atoms with E-state index in [4.69, 9.17) is 21.1 Å². The van der Waals surface area contributed by atoms with Crippen molar-refractivity contribution in [2.75, 3.05) is 25.6 Å². The topological polar surface area (TPSA) is 123 Å². The quantitative estimate of drug-likeness (QED) is 0.292. The number of anilines is 1. The number of methoxy groups -OCH3 is 1. The number of hydrogen-bond donors (Lipinski definition) is 3. The number of quaternary nitrogens is 1. The molecule has 0 aliphatic carbocycles. The van der Waals surface area contributed by atoms with Crippen LogP contribution in [-0.4, -0.2) is 47.2 Å². The molecule has 2 aromatic carbocycles. The first-order chi connectivity index (χ1) is 19.3. The molecule has 1 unspecified atom stereocenters. The fourth-order valence-corrected chi connectivity index (χ4v) is 5.53. The molecule has 1 atom stereocenters. The number of benzene rings is 2. The fourth-order valence-electron chi connectivity index (χ4n) is 5.28. The standard InChI is InChI=1S/C30H32ClN5O4/c1-17-12-18(2)14-19(13-17)26-27(40-11-8-20-6-4-5-9-32-20)22-15-21(23(31)16-24(22)34-29(26)38)28(37)35-25-7-10-33-30(36-25)39-3/h7,10,12-16,20,32H,4-6,8-9,11H2,1-3H3,(H,34,38)(H,33,35,36,37)/p+1. The molecule has 1 saturated heterocycles. The Morgan fingerprint density at radius 1 is 1.18 bits per heavy atom. The molecule has 9 nitrogen and oxygen atoms in total. The summed E-state index contributed by atoms with van der Waals surface area (Å²) in [5, 5.41) is 5.90. The summed E-state index contributed by atoms with van der Waals surface area (Å²) in [7, 11) is 1.45. The number of carbonyl (C=O) groups is 1. The second kappa shape index (κ2) is 12.1. The first kappa shape index (κ1) is 27.6. The van der Waals surface area contributed by atoms with E-state index in [1.165, 1.54) is 26.1 Å². The van der Waals surface area contributed by atoms with E-state index in [9.17, 15) is 9.59 Å².